The van der Waals surface area contributed by atoms with Crippen molar-refractivity contribution in [3.05, 3.63) is 35.4 Å². The van der Waals surface area contributed by atoms with Crippen molar-refractivity contribution in [3.8, 4) is 0 Å². The van der Waals surface area contributed by atoms with E-state index in [2.05, 4.69) is 13.0 Å². The van der Waals surface area contributed by atoms with E-state index in [4.69, 9.17) is 0 Å². The van der Waals surface area contributed by atoms with Crippen LogP contribution in [0.2, 0.25) is 0 Å². The number of fused-ring (bicyclic) bond motifs is 1. The monoisotopic (exact) mass is 162 g/mol. The van der Waals surface area contributed by atoms with Gasteiger partial charge in [-0.25, -0.2) is 0 Å². The van der Waals surface area contributed by atoms with Gasteiger partial charge in [0.1, 0.15) is 0 Å². The Balaban J connectivity index is 2.47. The van der Waals surface area contributed by atoms with Crippen molar-refractivity contribution in [2.75, 3.05) is 0 Å². The van der Waals surface area contributed by atoms with E-state index >= 15 is 0 Å². The second-order valence-electron chi connectivity index (χ2n) is 3.62. The Morgan fingerprint density at radius 3 is 2.50 bits per heavy atom. The van der Waals surface area contributed by atoms with Gasteiger partial charge in [0.05, 0.1) is 6.10 Å². The van der Waals surface area contributed by atoms with Crippen molar-refractivity contribution >= 4 is 0 Å². The molecule has 0 bridgehead atoms. The number of hydrogen-bond donors (Lipinski definition) is 1. The van der Waals surface area contributed by atoms with Crippen LogP contribution in [0, 0.1) is 0 Å². The van der Waals surface area contributed by atoms with E-state index in [9.17, 15) is 5.11 Å². The Kier molecular flexibility index (Phi) is 1.89. The molecule has 0 spiro atoms. The molecule has 0 saturated heterocycles. The van der Waals surface area contributed by atoms with Gasteiger partial charge in [0.15, 0.2) is 0 Å². The highest BCUT2D eigenvalue weighted by molar-refractivity contribution is 5.33. The summed E-state index contributed by atoms with van der Waals surface area (Å²) in [5.41, 5.74) is 2.47. The van der Waals surface area contributed by atoms with Gasteiger partial charge in [-0.1, -0.05) is 31.2 Å². The molecule has 1 N–H and O–H groups in total. The van der Waals surface area contributed by atoms with Crippen molar-refractivity contribution in [2.45, 2.75) is 31.8 Å². The molecule has 1 aliphatic carbocycles. The number of aliphatic hydroxyl groups is 1. The molecule has 1 aliphatic rings. The normalized spacial score (nSPS) is 28.2. The summed E-state index contributed by atoms with van der Waals surface area (Å²) in [6.45, 7) is 2.23. The van der Waals surface area contributed by atoms with Crippen LogP contribution in [0.4, 0.5) is 0 Å². The first-order valence-electron chi connectivity index (χ1n) is 4.56. The van der Waals surface area contributed by atoms with Crippen LogP contribution in [0.15, 0.2) is 24.3 Å². The van der Waals surface area contributed by atoms with Gasteiger partial charge < -0.3 is 5.11 Å². The summed E-state index contributed by atoms with van der Waals surface area (Å²) < 4.78 is 0. The first kappa shape index (κ1) is 7.81. The third kappa shape index (κ3) is 1.14. The Hall–Kier alpha value is -0.820. The van der Waals surface area contributed by atoms with Crippen molar-refractivity contribution in [1.29, 1.82) is 0 Å². The topological polar surface area (TPSA) is 20.2 Å². The van der Waals surface area contributed by atoms with Crippen molar-refractivity contribution < 1.29 is 5.11 Å². The highest BCUT2D eigenvalue weighted by atomic mass is 16.3. The van der Waals surface area contributed by atoms with E-state index in [-0.39, 0.29) is 6.10 Å². The van der Waals surface area contributed by atoms with E-state index in [1.165, 1.54) is 5.56 Å². The summed E-state index contributed by atoms with van der Waals surface area (Å²) in [4.78, 5) is 0. The molecule has 1 aromatic rings. The fourth-order valence-electron chi connectivity index (χ4n) is 1.98. The Bertz CT molecular complexity index is 251. The second-order valence-corrected chi connectivity index (χ2v) is 3.62. The van der Waals surface area contributed by atoms with Gasteiger partial charge in [-0.3, -0.25) is 0 Å². The van der Waals surface area contributed by atoms with Crippen LogP contribution < -0.4 is 0 Å². The van der Waals surface area contributed by atoms with E-state index < -0.39 is 0 Å². The van der Waals surface area contributed by atoms with Gasteiger partial charge >= 0.3 is 0 Å². The number of rotatable bonds is 0. The maximum absolute atomic E-state index is 9.68. The maximum Gasteiger partial charge on any atom is 0.0793 e. The minimum atomic E-state index is -0.225. The van der Waals surface area contributed by atoms with Crippen LogP contribution in [0.25, 0.3) is 0 Å². The SMILES string of the molecule is C[C@@H]1CC[C@@H](O)c2ccccc21. The molecular formula is C11H14O. The van der Waals surface area contributed by atoms with Crippen LogP contribution in [-0.4, -0.2) is 5.11 Å². The van der Waals surface area contributed by atoms with Crippen LogP contribution in [-0.2, 0) is 0 Å². The zero-order valence-corrected chi connectivity index (χ0v) is 7.33. The van der Waals surface area contributed by atoms with E-state index in [0.717, 1.165) is 18.4 Å². The molecule has 64 valence electrons. The Morgan fingerprint density at radius 2 is 1.83 bits per heavy atom. The molecule has 1 aromatic carbocycles. The van der Waals surface area contributed by atoms with Crippen molar-refractivity contribution in [2.24, 2.45) is 0 Å². The lowest BCUT2D eigenvalue weighted by molar-refractivity contribution is 0.151. The van der Waals surface area contributed by atoms with Crippen molar-refractivity contribution in [3.63, 3.8) is 0 Å². The Morgan fingerprint density at radius 1 is 1.17 bits per heavy atom. The molecular weight excluding hydrogens is 148 g/mol. The quantitative estimate of drug-likeness (QED) is 0.621. The maximum atomic E-state index is 9.68. The van der Waals surface area contributed by atoms with Crippen LogP contribution >= 0.6 is 0 Å². The van der Waals surface area contributed by atoms with Gasteiger partial charge in [0.2, 0.25) is 0 Å². The lowest BCUT2D eigenvalue weighted by Gasteiger charge is -2.26. The molecule has 0 aromatic heterocycles. The standard InChI is InChI=1S/C11H14O/c1-8-6-7-11(12)10-5-3-2-4-9(8)10/h2-5,8,11-12H,6-7H2,1H3/t8-,11-/m1/s1. The fraction of sp³-hybridized carbons (Fsp3) is 0.455. The molecule has 2 rings (SSSR count). The lowest BCUT2D eigenvalue weighted by atomic mass is 9.82. The predicted octanol–water partition coefficient (Wildman–Crippen LogP) is 2.62. The molecule has 0 radical (unpaired) electrons. The summed E-state index contributed by atoms with van der Waals surface area (Å²) in [7, 11) is 0. The van der Waals surface area contributed by atoms with Crippen LogP contribution in [0.5, 0.6) is 0 Å². The molecule has 1 nitrogen and oxygen atoms in total. The second kappa shape index (κ2) is 2.91. The highest BCUT2D eigenvalue weighted by Crippen LogP contribution is 2.36. The van der Waals surface area contributed by atoms with Crippen molar-refractivity contribution in [1.82, 2.24) is 0 Å². The number of benzene rings is 1. The summed E-state index contributed by atoms with van der Waals surface area (Å²) >= 11 is 0. The zero-order valence-electron chi connectivity index (χ0n) is 7.33. The minimum absolute atomic E-state index is 0.225. The van der Waals surface area contributed by atoms with Gasteiger partial charge in [-0.2, -0.15) is 0 Å². The van der Waals surface area contributed by atoms with Crippen LogP contribution in [0.1, 0.15) is 42.9 Å². The first-order valence-corrected chi connectivity index (χ1v) is 4.56. The summed E-state index contributed by atoms with van der Waals surface area (Å²) in [5, 5.41) is 9.68. The summed E-state index contributed by atoms with van der Waals surface area (Å²) in [6.07, 6.45) is 1.80. The Labute approximate surface area is 73.0 Å². The largest absolute Gasteiger partial charge is 0.388 e. The highest BCUT2D eigenvalue weighted by Gasteiger charge is 2.21. The molecule has 0 saturated carbocycles. The fourth-order valence-corrected chi connectivity index (χ4v) is 1.98. The number of hydrogen-bond acceptors (Lipinski definition) is 1. The molecule has 0 heterocycles. The minimum Gasteiger partial charge on any atom is -0.388 e. The molecule has 0 amide bonds. The lowest BCUT2D eigenvalue weighted by Crippen LogP contribution is -2.11. The molecule has 1 heteroatoms. The predicted molar refractivity (Wildman–Crippen MR) is 49.1 cm³/mol. The van der Waals surface area contributed by atoms with Gasteiger partial charge in [-0.15, -0.1) is 0 Å². The average Bonchev–Trinajstić information content (AvgIpc) is 2.12. The summed E-state index contributed by atoms with van der Waals surface area (Å²) in [5.74, 6) is 0.615. The molecule has 0 fully saturated rings. The third-order valence-electron chi connectivity index (χ3n) is 2.76. The molecule has 12 heavy (non-hydrogen) atoms. The first-order chi connectivity index (χ1) is 5.79. The molecule has 0 aliphatic heterocycles. The van der Waals surface area contributed by atoms with Gasteiger partial charge in [-0.05, 0) is 29.9 Å². The molecule has 0 unspecified atom stereocenters. The smallest absolute Gasteiger partial charge is 0.0793 e. The van der Waals surface area contributed by atoms with E-state index in [0.29, 0.717) is 5.92 Å². The van der Waals surface area contributed by atoms with Gasteiger partial charge in [0.25, 0.3) is 0 Å². The third-order valence-corrected chi connectivity index (χ3v) is 2.76. The number of aliphatic hydroxyl groups excluding tert-OH is 1. The van der Waals surface area contributed by atoms with E-state index in [1.807, 2.05) is 18.2 Å². The van der Waals surface area contributed by atoms with E-state index in [1.54, 1.807) is 0 Å². The van der Waals surface area contributed by atoms with Crippen LogP contribution in [0.3, 0.4) is 0 Å². The zero-order chi connectivity index (χ0) is 8.55. The summed E-state index contributed by atoms with van der Waals surface area (Å²) in [6, 6.07) is 8.21. The average molecular weight is 162 g/mol. The molecule has 2 atom stereocenters. The van der Waals surface area contributed by atoms with Gasteiger partial charge in [0, 0.05) is 0 Å².